The van der Waals surface area contributed by atoms with E-state index in [4.69, 9.17) is 4.74 Å². The maximum atomic E-state index is 5.73. The molecule has 174 valence electrons. The molecular formula is C27H30Br3N2O+. The Balaban J connectivity index is 1.46. The molecule has 0 spiro atoms. The Hall–Kier alpha value is -1.02. The average molecular weight is 638 g/mol. The highest BCUT2D eigenvalue weighted by Crippen LogP contribution is 2.27. The van der Waals surface area contributed by atoms with E-state index >= 15 is 0 Å². The molecule has 0 atom stereocenters. The van der Waals surface area contributed by atoms with Crippen molar-refractivity contribution in [2.45, 2.75) is 19.5 Å². The number of rotatable bonds is 9. The topological polar surface area (TPSA) is 12.5 Å². The molecule has 1 aliphatic heterocycles. The molecule has 0 saturated carbocycles. The molecule has 0 aliphatic carbocycles. The van der Waals surface area contributed by atoms with Gasteiger partial charge in [0.25, 0.3) is 0 Å². The molecule has 1 saturated heterocycles. The fraction of sp³-hybridized carbons (Fsp3) is 0.333. The zero-order valence-corrected chi connectivity index (χ0v) is 23.5. The van der Waals surface area contributed by atoms with Gasteiger partial charge < -0.3 is 4.74 Å². The highest BCUT2D eigenvalue weighted by Gasteiger charge is 2.32. The smallest absolute Gasteiger partial charge is 0.133 e. The summed E-state index contributed by atoms with van der Waals surface area (Å²) in [4.78, 5) is 2.57. The lowest BCUT2D eigenvalue weighted by Crippen LogP contribution is -2.57. The van der Waals surface area contributed by atoms with Gasteiger partial charge in [0.05, 0.1) is 19.8 Å². The maximum Gasteiger partial charge on any atom is 0.133 e. The molecule has 3 aromatic carbocycles. The van der Waals surface area contributed by atoms with Crippen LogP contribution in [0, 0.1) is 0 Å². The predicted molar refractivity (Wildman–Crippen MR) is 148 cm³/mol. The van der Waals surface area contributed by atoms with Crippen LogP contribution in [0.4, 0.5) is 5.69 Å². The first kappa shape index (κ1) is 25.1. The third kappa shape index (κ3) is 7.23. The molecule has 0 bridgehead atoms. The molecule has 1 fully saturated rings. The number of hydrogen-bond donors (Lipinski definition) is 0. The number of quaternary nitrogens is 1. The summed E-state index contributed by atoms with van der Waals surface area (Å²) < 4.78 is 10.1. The quantitative estimate of drug-likeness (QED) is 0.227. The van der Waals surface area contributed by atoms with Gasteiger partial charge in [-0.05, 0) is 47.5 Å². The molecule has 6 heteroatoms. The summed E-state index contributed by atoms with van der Waals surface area (Å²) in [6.07, 6.45) is 1.14. The van der Waals surface area contributed by atoms with Crippen molar-refractivity contribution >= 4 is 53.5 Å². The standard InChI is InChI=1S/C27H30Br3N2O/c28-24-6-2-22(3-7-24)20-31(21-23-4-8-25(29)9-5-23)14-1-15-32(16-18-33-19-17-32)27-12-10-26(30)11-13-27/h2-13H,1,14-21H2/q+1. The van der Waals surface area contributed by atoms with Gasteiger partial charge in [-0.2, -0.15) is 0 Å². The van der Waals surface area contributed by atoms with Crippen LogP contribution >= 0.6 is 47.8 Å². The lowest BCUT2D eigenvalue weighted by Gasteiger charge is -2.41. The van der Waals surface area contributed by atoms with Crippen molar-refractivity contribution in [1.29, 1.82) is 0 Å². The first-order chi connectivity index (χ1) is 16.0. The maximum absolute atomic E-state index is 5.73. The Morgan fingerprint density at radius 3 is 1.61 bits per heavy atom. The Morgan fingerprint density at radius 2 is 1.12 bits per heavy atom. The van der Waals surface area contributed by atoms with Crippen LogP contribution in [-0.2, 0) is 17.8 Å². The van der Waals surface area contributed by atoms with E-state index in [-0.39, 0.29) is 0 Å². The number of benzene rings is 3. The Bertz CT molecular complexity index is 954. The van der Waals surface area contributed by atoms with E-state index in [2.05, 4.69) is 125 Å². The fourth-order valence-corrected chi connectivity index (χ4v) is 5.36. The van der Waals surface area contributed by atoms with E-state index in [1.165, 1.54) is 16.8 Å². The van der Waals surface area contributed by atoms with Crippen molar-refractivity contribution in [2.75, 3.05) is 39.4 Å². The predicted octanol–water partition coefficient (Wildman–Crippen LogP) is 7.40. The summed E-state index contributed by atoms with van der Waals surface area (Å²) in [5.41, 5.74) is 4.09. The third-order valence-corrected chi connectivity index (χ3v) is 7.99. The third-order valence-electron chi connectivity index (χ3n) is 6.40. The van der Waals surface area contributed by atoms with Crippen molar-refractivity contribution in [2.24, 2.45) is 0 Å². The van der Waals surface area contributed by atoms with Crippen LogP contribution in [0.25, 0.3) is 0 Å². The summed E-state index contributed by atoms with van der Waals surface area (Å²) in [5, 5.41) is 0. The number of nitrogens with zero attached hydrogens (tertiary/aromatic N) is 2. The lowest BCUT2D eigenvalue weighted by molar-refractivity contribution is 0.0387. The van der Waals surface area contributed by atoms with Crippen molar-refractivity contribution in [3.8, 4) is 0 Å². The van der Waals surface area contributed by atoms with E-state index < -0.39 is 0 Å². The van der Waals surface area contributed by atoms with E-state index in [1.54, 1.807) is 0 Å². The summed E-state index contributed by atoms with van der Waals surface area (Å²) >= 11 is 10.7. The molecular weight excluding hydrogens is 608 g/mol. The van der Waals surface area contributed by atoms with Crippen molar-refractivity contribution in [3.05, 3.63) is 97.3 Å². The highest BCUT2D eigenvalue weighted by atomic mass is 79.9. The molecule has 1 heterocycles. The number of morpholine rings is 1. The minimum atomic E-state index is 0.831. The van der Waals surface area contributed by atoms with E-state index in [9.17, 15) is 0 Å². The fourth-order valence-electron chi connectivity index (χ4n) is 4.57. The zero-order valence-electron chi connectivity index (χ0n) is 18.7. The summed E-state index contributed by atoms with van der Waals surface area (Å²) in [6.45, 7) is 7.83. The first-order valence-electron chi connectivity index (χ1n) is 11.4. The van der Waals surface area contributed by atoms with Crippen LogP contribution in [0.1, 0.15) is 17.5 Å². The molecule has 33 heavy (non-hydrogen) atoms. The van der Waals surface area contributed by atoms with Crippen molar-refractivity contribution in [3.63, 3.8) is 0 Å². The molecule has 0 N–H and O–H groups in total. The second-order valence-corrected chi connectivity index (χ2v) is 11.5. The first-order valence-corrected chi connectivity index (χ1v) is 13.8. The molecule has 0 aromatic heterocycles. The molecule has 0 unspecified atom stereocenters. The van der Waals surface area contributed by atoms with E-state index in [0.717, 1.165) is 76.8 Å². The highest BCUT2D eigenvalue weighted by molar-refractivity contribution is 9.11. The van der Waals surface area contributed by atoms with Crippen LogP contribution < -0.4 is 4.48 Å². The summed E-state index contributed by atoms with van der Waals surface area (Å²) in [5.74, 6) is 0. The van der Waals surface area contributed by atoms with Gasteiger partial charge >= 0.3 is 0 Å². The molecule has 3 aromatic rings. The second kappa shape index (κ2) is 12.1. The Morgan fingerprint density at radius 1 is 0.667 bits per heavy atom. The van der Waals surface area contributed by atoms with Gasteiger partial charge in [-0.25, -0.2) is 0 Å². The number of halogens is 3. The van der Waals surface area contributed by atoms with Crippen LogP contribution in [-0.4, -0.2) is 44.3 Å². The Labute approximate surface area is 222 Å². The van der Waals surface area contributed by atoms with Crippen molar-refractivity contribution in [1.82, 2.24) is 9.38 Å². The monoisotopic (exact) mass is 635 g/mol. The van der Waals surface area contributed by atoms with Crippen LogP contribution in [0.3, 0.4) is 0 Å². The van der Waals surface area contributed by atoms with Gasteiger partial charge in [0.1, 0.15) is 18.8 Å². The van der Waals surface area contributed by atoms with Crippen molar-refractivity contribution < 1.29 is 4.74 Å². The average Bonchev–Trinajstić information content (AvgIpc) is 2.83. The minimum absolute atomic E-state index is 0.831. The number of hydrogen-bond acceptors (Lipinski definition) is 2. The van der Waals surface area contributed by atoms with Gasteiger partial charge in [-0.3, -0.25) is 9.38 Å². The number of ether oxygens (including phenoxy) is 1. The summed E-state index contributed by atoms with van der Waals surface area (Å²) in [7, 11) is 0. The van der Waals surface area contributed by atoms with E-state index in [0.29, 0.717) is 0 Å². The summed E-state index contributed by atoms with van der Waals surface area (Å²) in [6, 6.07) is 26.3. The normalized spacial score (nSPS) is 15.6. The minimum Gasteiger partial charge on any atom is -0.370 e. The van der Waals surface area contributed by atoms with Gasteiger partial charge in [0.2, 0.25) is 0 Å². The Kier molecular flexibility index (Phi) is 9.19. The van der Waals surface area contributed by atoms with Crippen LogP contribution in [0.5, 0.6) is 0 Å². The second-order valence-electron chi connectivity index (χ2n) is 8.72. The van der Waals surface area contributed by atoms with Gasteiger partial charge in [0.15, 0.2) is 0 Å². The SMILES string of the molecule is Brc1ccc(CN(CCC[N+]2(c3ccc(Br)cc3)CCOCC2)Cc2ccc(Br)cc2)cc1. The van der Waals surface area contributed by atoms with Gasteiger partial charge in [-0.15, -0.1) is 0 Å². The zero-order chi connectivity index (χ0) is 23.1. The van der Waals surface area contributed by atoms with Gasteiger partial charge in [0, 0.05) is 51.6 Å². The molecule has 0 amide bonds. The van der Waals surface area contributed by atoms with Crippen LogP contribution in [0.2, 0.25) is 0 Å². The van der Waals surface area contributed by atoms with Crippen LogP contribution in [0.15, 0.2) is 86.2 Å². The molecule has 1 aliphatic rings. The molecule has 0 radical (unpaired) electrons. The van der Waals surface area contributed by atoms with E-state index in [1.807, 2.05) is 0 Å². The largest absolute Gasteiger partial charge is 0.370 e. The van der Waals surface area contributed by atoms with Gasteiger partial charge in [-0.1, -0.05) is 72.1 Å². The molecule has 4 rings (SSSR count). The molecule has 3 nitrogen and oxygen atoms in total. The lowest BCUT2D eigenvalue weighted by atomic mass is 10.1.